The summed E-state index contributed by atoms with van der Waals surface area (Å²) in [5.74, 6) is 0.281. The molecule has 0 unspecified atom stereocenters. The second-order valence-electron chi connectivity index (χ2n) is 7.96. The van der Waals surface area contributed by atoms with Gasteiger partial charge in [0.15, 0.2) is 0 Å². The van der Waals surface area contributed by atoms with E-state index in [1.54, 1.807) is 0 Å². The average Bonchev–Trinajstić information content (AvgIpc) is 2.64. The van der Waals surface area contributed by atoms with Gasteiger partial charge in [0, 0.05) is 8.16 Å². The van der Waals surface area contributed by atoms with Gasteiger partial charge in [-0.3, -0.25) is 0 Å². The Bertz CT molecular complexity index is 639. The summed E-state index contributed by atoms with van der Waals surface area (Å²) >= 11 is 0. The van der Waals surface area contributed by atoms with Gasteiger partial charge in [-0.1, -0.05) is 37.1 Å². The maximum Gasteiger partial charge on any atom is 0.0606 e. The van der Waals surface area contributed by atoms with Crippen LogP contribution in [0, 0.1) is 22.7 Å². The first-order chi connectivity index (χ1) is 11.0. The van der Waals surface area contributed by atoms with Crippen LogP contribution < -0.4 is 0 Å². The predicted octanol–water partition coefficient (Wildman–Crippen LogP) is 3.59. The van der Waals surface area contributed by atoms with E-state index in [-0.39, 0.29) is 23.9 Å². The summed E-state index contributed by atoms with van der Waals surface area (Å²) in [6.45, 7) is 4.19. The molecular weight excluding hydrogens is 260 g/mol. The topological polar surface area (TPSA) is 40.5 Å². The highest BCUT2D eigenvalue weighted by molar-refractivity contribution is 5.38. The Morgan fingerprint density at radius 2 is 1.95 bits per heavy atom. The van der Waals surface area contributed by atoms with Crippen LogP contribution in [0.15, 0.2) is 23.3 Å². The Hall–Kier alpha value is -0.600. The molecule has 21 heavy (non-hydrogen) atoms. The van der Waals surface area contributed by atoms with Crippen molar-refractivity contribution < 1.29 is 14.3 Å². The molecular formula is C19H28O2. The average molecular weight is 291 g/mol. The fourth-order valence-corrected chi connectivity index (χ4v) is 5.41. The first-order valence-corrected chi connectivity index (χ1v) is 8.34. The van der Waals surface area contributed by atoms with Crippen LogP contribution in [0.3, 0.4) is 0 Å². The maximum atomic E-state index is 10.7. The molecule has 2 heteroatoms. The summed E-state index contributed by atoms with van der Waals surface area (Å²) in [6.07, 6.45) is 4.43. The third-order valence-electron chi connectivity index (χ3n) is 6.97. The monoisotopic (exact) mass is 291 g/mol. The molecule has 0 spiro atoms. The standard InChI is InChI=1S/C19H28O2/c1-18-9-7-13(20)11-12(18)3-4-14-15-5-6-17(21)19(15,2)10-8-16(14)18/h3-4,13,15-17,20-21H,5-11H2,1-2H3/t13-,15-,16-,17-,18-,19-/m0/s1/i6D2,17D. The fraction of sp³-hybridized carbons (Fsp3) is 0.789. The molecule has 4 aliphatic rings. The first-order valence-electron chi connectivity index (χ1n) is 9.84. The minimum Gasteiger partial charge on any atom is -0.393 e. The Morgan fingerprint density at radius 1 is 1.14 bits per heavy atom. The van der Waals surface area contributed by atoms with Crippen molar-refractivity contribution in [1.82, 2.24) is 0 Å². The highest BCUT2D eigenvalue weighted by Crippen LogP contribution is 2.63. The van der Waals surface area contributed by atoms with Crippen LogP contribution in [0.1, 0.15) is 62.9 Å². The zero-order valence-electron chi connectivity index (χ0n) is 16.0. The predicted molar refractivity (Wildman–Crippen MR) is 83.7 cm³/mol. The van der Waals surface area contributed by atoms with E-state index in [1.807, 2.05) is 6.92 Å². The van der Waals surface area contributed by atoms with Gasteiger partial charge in [-0.2, -0.15) is 0 Å². The Balaban J connectivity index is 1.78. The Labute approximate surface area is 132 Å². The molecule has 3 fully saturated rings. The van der Waals surface area contributed by atoms with Gasteiger partial charge in [-0.25, -0.2) is 0 Å². The van der Waals surface area contributed by atoms with E-state index in [2.05, 4.69) is 19.1 Å². The quantitative estimate of drug-likeness (QED) is 0.716. The Morgan fingerprint density at radius 3 is 2.76 bits per heavy atom. The zero-order chi connectivity index (χ0) is 17.5. The number of hydrogen-bond donors (Lipinski definition) is 2. The summed E-state index contributed by atoms with van der Waals surface area (Å²) in [7, 11) is 0. The number of hydrogen-bond acceptors (Lipinski definition) is 2. The molecule has 0 radical (unpaired) electrons. The maximum absolute atomic E-state index is 10.7. The summed E-state index contributed by atoms with van der Waals surface area (Å²) < 4.78 is 24.8. The van der Waals surface area contributed by atoms with Gasteiger partial charge in [0.05, 0.1) is 13.6 Å². The second-order valence-corrected chi connectivity index (χ2v) is 7.96. The SMILES string of the molecule is [2H]C1([2H])C[C@H]2C3=CC=C4C[C@@H](O)CC[C@]4(C)[C@H]3CC[C@]2(C)[C@@]1([2H])O. The fourth-order valence-electron chi connectivity index (χ4n) is 5.41. The molecule has 6 atom stereocenters. The van der Waals surface area contributed by atoms with Crippen molar-refractivity contribution in [2.75, 3.05) is 0 Å². The lowest BCUT2D eigenvalue weighted by atomic mass is 9.51. The van der Waals surface area contributed by atoms with Crippen molar-refractivity contribution in [3.05, 3.63) is 23.3 Å². The van der Waals surface area contributed by atoms with Crippen molar-refractivity contribution in [1.29, 1.82) is 0 Å². The molecule has 116 valence electrons. The van der Waals surface area contributed by atoms with Crippen LogP contribution in [0.2, 0.25) is 0 Å². The molecule has 0 saturated heterocycles. The van der Waals surface area contributed by atoms with Crippen LogP contribution >= 0.6 is 0 Å². The van der Waals surface area contributed by atoms with Crippen LogP contribution in [0.5, 0.6) is 0 Å². The molecule has 2 nitrogen and oxygen atoms in total. The van der Waals surface area contributed by atoms with Crippen molar-refractivity contribution in [3.8, 4) is 0 Å². The van der Waals surface area contributed by atoms with E-state index in [0.717, 1.165) is 25.7 Å². The van der Waals surface area contributed by atoms with Gasteiger partial charge in [0.2, 0.25) is 0 Å². The lowest BCUT2D eigenvalue weighted by Crippen LogP contribution is -2.46. The lowest BCUT2D eigenvalue weighted by Gasteiger charge is -2.54. The third kappa shape index (κ3) is 1.78. The van der Waals surface area contributed by atoms with Crippen molar-refractivity contribution in [2.24, 2.45) is 22.7 Å². The number of fused-ring (bicyclic) bond motifs is 5. The second kappa shape index (κ2) is 4.45. The third-order valence-corrected chi connectivity index (χ3v) is 6.97. The van der Waals surface area contributed by atoms with Crippen molar-refractivity contribution in [3.63, 3.8) is 0 Å². The summed E-state index contributed by atoms with van der Waals surface area (Å²) in [5, 5.41) is 20.7. The van der Waals surface area contributed by atoms with Crippen LogP contribution in [0.25, 0.3) is 0 Å². The molecule has 0 aromatic rings. The van der Waals surface area contributed by atoms with E-state index in [0.29, 0.717) is 12.3 Å². The van der Waals surface area contributed by atoms with Gasteiger partial charge in [0.25, 0.3) is 0 Å². The minimum atomic E-state index is -2.04. The minimum absolute atomic E-state index is 0.0418. The van der Waals surface area contributed by atoms with Crippen LogP contribution in [-0.2, 0) is 0 Å². The number of allylic oxidation sites excluding steroid dienone is 3. The first kappa shape index (κ1) is 11.0. The van der Waals surface area contributed by atoms with E-state index in [1.165, 1.54) is 11.1 Å². The summed E-state index contributed by atoms with van der Waals surface area (Å²) in [5.41, 5.74) is 1.87. The van der Waals surface area contributed by atoms with Crippen LogP contribution in [-0.4, -0.2) is 22.4 Å². The molecule has 0 aromatic heterocycles. The molecule has 0 aliphatic heterocycles. The summed E-state index contributed by atoms with van der Waals surface area (Å²) in [4.78, 5) is 0. The molecule has 0 amide bonds. The highest BCUT2D eigenvalue weighted by atomic mass is 16.3. The Kier molecular flexibility index (Phi) is 2.34. The van der Waals surface area contributed by atoms with Gasteiger partial charge >= 0.3 is 0 Å². The number of rotatable bonds is 0. The molecule has 2 N–H and O–H groups in total. The van der Waals surface area contributed by atoms with Gasteiger partial charge in [-0.15, -0.1) is 0 Å². The van der Waals surface area contributed by atoms with Gasteiger partial charge in [-0.05, 0) is 62.1 Å². The highest BCUT2D eigenvalue weighted by Gasteiger charge is 2.55. The molecule has 3 saturated carbocycles. The number of aliphatic hydroxyl groups excluding tert-OH is 1. The summed E-state index contributed by atoms with van der Waals surface area (Å²) in [6, 6.07) is 0. The van der Waals surface area contributed by atoms with E-state index in [9.17, 15) is 10.2 Å². The normalized spacial score (nSPS) is 60.4. The van der Waals surface area contributed by atoms with E-state index < -0.39 is 17.9 Å². The zero-order valence-corrected chi connectivity index (χ0v) is 13.0. The smallest absolute Gasteiger partial charge is 0.0606 e. The van der Waals surface area contributed by atoms with E-state index in [4.69, 9.17) is 4.11 Å². The number of aliphatic hydroxyl groups is 2. The molecule has 0 heterocycles. The largest absolute Gasteiger partial charge is 0.393 e. The molecule has 4 aliphatic carbocycles. The van der Waals surface area contributed by atoms with Gasteiger partial charge < -0.3 is 10.2 Å². The molecule has 0 bridgehead atoms. The van der Waals surface area contributed by atoms with Gasteiger partial charge in [0.1, 0.15) is 0 Å². The molecule has 0 aromatic carbocycles. The van der Waals surface area contributed by atoms with E-state index >= 15 is 0 Å². The van der Waals surface area contributed by atoms with Crippen LogP contribution in [0.4, 0.5) is 0 Å². The lowest BCUT2D eigenvalue weighted by molar-refractivity contribution is 0.00143. The van der Waals surface area contributed by atoms with Crippen molar-refractivity contribution in [2.45, 2.75) is 70.9 Å². The van der Waals surface area contributed by atoms with Crippen molar-refractivity contribution >= 4 is 0 Å². The molecule has 4 rings (SSSR count).